The molecule has 3 heteroatoms. The maximum atomic E-state index is 13.6. The number of fused-ring (bicyclic) bond motifs is 2. The molecule has 3 aromatic rings. The van der Waals surface area contributed by atoms with Crippen LogP contribution >= 0.6 is 0 Å². The number of rotatable bonds is 0. The second kappa shape index (κ2) is 3.48. The minimum absolute atomic E-state index is 0.170. The van der Waals surface area contributed by atoms with Crippen molar-refractivity contribution in [1.82, 2.24) is 0 Å². The molecule has 0 bridgehead atoms. The number of hydrogen-bond donors (Lipinski definition) is 0. The highest BCUT2D eigenvalue weighted by Crippen LogP contribution is 2.26. The van der Waals surface area contributed by atoms with Crippen molar-refractivity contribution in [3.8, 4) is 0 Å². The Bertz CT molecular complexity index is 732. The van der Waals surface area contributed by atoms with Gasteiger partial charge < -0.3 is 0 Å². The van der Waals surface area contributed by atoms with Crippen LogP contribution in [0.25, 0.3) is 21.5 Å². The average molecular weight is 232 g/mol. The van der Waals surface area contributed by atoms with Crippen molar-refractivity contribution >= 4 is 21.5 Å². The SMILES string of the molecule is Fc1ccc2cc3ccc(F)c(F)c3cc2c1. The van der Waals surface area contributed by atoms with Gasteiger partial charge in [0, 0.05) is 5.39 Å². The van der Waals surface area contributed by atoms with E-state index in [1.807, 2.05) is 0 Å². The van der Waals surface area contributed by atoms with Gasteiger partial charge in [-0.15, -0.1) is 0 Å². The van der Waals surface area contributed by atoms with Gasteiger partial charge in [0.1, 0.15) is 5.82 Å². The highest BCUT2D eigenvalue weighted by molar-refractivity contribution is 5.98. The van der Waals surface area contributed by atoms with E-state index in [4.69, 9.17) is 0 Å². The molecule has 0 saturated carbocycles. The molecule has 0 saturated heterocycles. The quantitative estimate of drug-likeness (QED) is 0.503. The van der Waals surface area contributed by atoms with Crippen LogP contribution in [0.15, 0.2) is 42.5 Å². The Morgan fingerprint density at radius 1 is 0.647 bits per heavy atom. The van der Waals surface area contributed by atoms with Crippen molar-refractivity contribution in [2.45, 2.75) is 0 Å². The van der Waals surface area contributed by atoms with Crippen LogP contribution in [-0.2, 0) is 0 Å². The van der Waals surface area contributed by atoms with E-state index in [0.717, 1.165) is 11.5 Å². The van der Waals surface area contributed by atoms with Crippen molar-refractivity contribution in [3.05, 3.63) is 59.9 Å². The van der Waals surface area contributed by atoms with Crippen LogP contribution in [0.5, 0.6) is 0 Å². The lowest BCUT2D eigenvalue weighted by Crippen LogP contribution is -1.87. The molecule has 0 nitrogen and oxygen atoms in total. The van der Waals surface area contributed by atoms with Crippen LogP contribution in [0.1, 0.15) is 0 Å². The van der Waals surface area contributed by atoms with Crippen LogP contribution < -0.4 is 0 Å². The summed E-state index contributed by atoms with van der Waals surface area (Å²) in [7, 11) is 0. The molecule has 0 aliphatic heterocycles. The molecule has 0 fully saturated rings. The fourth-order valence-corrected chi connectivity index (χ4v) is 1.98. The van der Waals surface area contributed by atoms with Crippen molar-refractivity contribution in [1.29, 1.82) is 0 Å². The first-order valence-corrected chi connectivity index (χ1v) is 5.12. The molecule has 84 valence electrons. The zero-order valence-electron chi connectivity index (χ0n) is 8.68. The van der Waals surface area contributed by atoms with Gasteiger partial charge >= 0.3 is 0 Å². The molecular weight excluding hydrogens is 225 g/mol. The lowest BCUT2D eigenvalue weighted by atomic mass is 10.0. The predicted molar refractivity (Wildman–Crippen MR) is 61.3 cm³/mol. The standard InChI is InChI=1S/C14H7F3/c15-11-3-1-8-5-9-2-4-13(16)14(17)12(9)7-10(8)6-11/h1-7H. The Balaban J connectivity index is 2.48. The predicted octanol–water partition coefficient (Wildman–Crippen LogP) is 4.41. The third kappa shape index (κ3) is 1.55. The Hall–Kier alpha value is -2.03. The third-order valence-corrected chi connectivity index (χ3v) is 2.83. The molecule has 0 N–H and O–H groups in total. The van der Waals surface area contributed by atoms with Crippen LogP contribution in [0.2, 0.25) is 0 Å². The van der Waals surface area contributed by atoms with Crippen LogP contribution in [0, 0.1) is 17.5 Å². The Morgan fingerprint density at radius 3 is 2.24 bits per heavy atom. The maximum Gasteiger partial charge on any atom is 0.166 e. The third-order valence-electron chi connectivity index (χ3n) is 2.83. The summed E-state index contributed by atoms with van der Waals surface area (Å²) in [6.07, 6.45) is 0. The summed E-state index contributed by atoms with van der Waals surface area (Å²) in [6.45, 7) is 0. The molecule has 17 heavy (non-hydrogen) atoms. The van der Waals surface area contributed by atoms with Crippen molar-refractivity contribution in [2.24, 2.45) is 0 Å². The Kier molecular flexibility index (Phi) is 2.08. The average Bonchev–Trinajstić information content (AvgIpc) is 2.32. The summed E-state index contributed by atoms with van der Waals surface area (Å²) in [5.41, 5.74) is 0. The lowest BCUT2D eigenvalue weighted by molar-refractivity contribution is 0.517. The molecule has 3 rings (SSSR count). The number of hydrogen-bond acceptors (Lipinski definition) is 0. The Labute approximate surface area is 95.3 Å². The van der Waals surface area contributed by atoms with Crippen molar-refractivity contribution in [2.75, 3.05) is 0 Å². The molecule has 0 unspecified atom stereocenters. The fourth-order valence-electron chi connectivity index (χ4n) is 1.98. The van der Waals surface area contributed by atoms with Gasteiger partial charge in [0.05, 0.1) is 0 Å². The van der Waals surface area contributed by atoms with Gasteiger partial charge in [-0.2, -0.15) is 0 Å². The molecule has 0 heterocycles. The van der Waals surface area contributed by atoms with Crippen LogP contribution in [-0.4, -0.2) is 0 Å². The van der Waals surface area contributed by atoms with Crippen LogP contribution in [0.4, 0.5) is 13.2 Å². The minimum Gasteiger partial charge on any atom is -0.207 e. The molecule has 0 amide bonds. The van der Waals surface area contributed by atoms with Gasteiger partial charge in [-0.1, -0.05) is 12.1 Å². The highest BCUT2D eigenvalue weighted by atomic mass is 19.2. The Morgan fingerprint density at radius 2 is 1.41 bits per heavy atom. The maximum absolute atomic E-state index is 13.6. The van der Waals surface area contributed by atoms with Gasteiger partial charge in [0.15, 0.2) is 11.6 Å². The summed E-state index contributed by atoms with van der Waals surface area (Å²) in [5.74, 6) is -2.18. The molecule has 0 spiro atoms. The summed E-state index contributed by atoms with van der Waals surface area (Å²) in [6, 6.07) is 10.0. The van der Waals surface area contributed by atoms with Gasteiger partial charge in [-0.3, -0.25) is 0 Å². The van der Waals surface area contributed by atoms with Gasteiger partial charge in [-0.25, -0.2) is 13.2 Å². The van der Waals surface area contributed by atoms with E-state index in [2.05, 4.69) is 0 Å². The monoisotopic (exact) mass is 232 g/mol. The summed E-state index contributed by atoms with van der Waals surface area (Å²) in [4.78, 5) is 0. The summed E-state index contributed by atoms with van der Waals surface area (Å²) in [5, 5.41) is 2.12. The number of benzene rings is 3. The van der Waals surface area contributed by atoms with Crippen molar-refractivity contribution < 1.29 is 13.2 Å². The second-order valence-corrected chi connectivity index (χ2v) is 3.93. The topological polar surface area (TPSA) is 0 Å². The largest absolute Gasteiger partial charge is 0.207 e. The molecule has 3 aromatic carbocycles. The van der Waals surface area contributed by atoms with Crippen molar-refractivity contribution in [3.63, 3.8) is 0 Å². The molecule has 0 aliphatic rings. The first kappa shape index (κ1) is 10.1. The van der Waals surface area contributed by atoms with Gasteiger partial charge in [0.2, 0.25) is 0 Å². The normalized spacial score (nSPS) is 11.2. The zero-order valence-corrected chi connectivity index (χ0v) is 8.68. The van der Waals surface area contributed by atoms with E-state index in [9.17, 15) is 13.2 Å². The first-order valence-electron chi connectivity index (χ1n) is 5.12. The van der Waals surface area contributed by atoms with Crippen LogP contribution in [0.3, 0.4) is 0 Å². The lowest BCUT2D eigenvalue weighted by Gasteiger charge is -2.04. The molecular formula is C14H7F3. The second-order valence-electron chi connectivity index (χ2n) is 3.93. The highest BCUT2D eigenvalue weighted by Gasteiger charge is 2.08. The summed E-state index contributed by atoms with van der Waals surface area (Å²) >= 11 is 0. The van der Waals surface area contributed by atoms with E-state index in [1.54, 1.807) is 12.1 Å². The van der Waals surface area contributed by atoms with Gasteiger partial charge in [0.25, 0.3) is 0 Å². The fraction of sp³-hybridized carbons (Fsp3) is 0. The van der Waals surface area contributed by atoms with E-state index in [-0.39, 0.29) is 5.39 Å². The molecule has 0 atom stereocenters. The number of halogens is 3. The summed E-state index contributed by atoms with van der Waals surface area (Å²) < 4.78 is 39.7. The zero-order chi connectivity index (χ0) is 12.0. The molecule has 0 aliphatic carbocycles. The molecule has 0 aromatic heterocycles. The molecule has 0 radical (unpaired) electrons. The van der Waals surface area contributed by atoms with E-state index >= 15 is 0 Å². The van der Waals surface area contributed by atoms with E-state index in [1.165, 1.54) is 24.3 Å². The van der Waals surface area contributed by atoms with E-state index in [0.29, 0.717) is 10.8 Å². The smallest absolute Gasteiger partial charge is 0.166 e. The first-order chi connectivity index (χ1) is 8.15. The van der Waals surface area contributed by atoms with Gasteiger partial charge in [-0.05, 0) is 46.5 Å². The van der Waals surface area contributed by atoms with E-state index < -0.39 is 17.5 Å². The minimum atomic E-state index is -0.895.